The van der Waals surface area contributed by atoms with Crippen molar-refractivity contribution in [2.24, 2.45) is 5.73 Å². The average molecular weight is 337 g/mol. The zero-order valence-electron chi connectivity index (χ0n) is 13.4. The molecule has 0 radical (unpaired) electrons. The molecule has 0 saturated carbocycles. The molecule has 0 aliphatic carbocycles. The maximum atomic E-state index is 12.4. The summed E-state index contributed by atoms with van der Waals surface area (Å²) >= 11 is 0. The molecule has 2 aromatic rings. The number of benzene rings is 2. The van der Waals surface area contributed by atoms with Crippen molar-refractivity contribution in [3.63, 3.8) is 0 Å². The fraction of sp³-hybridized carbons (Fsp3) is 0.111. The van der Waals surface area contributed by atoms with Crippen LogP contribution in [0, 0.1) is 11.3 Å². The molecule has 3 N–H and O–H groups in total. The minimum atomic E-state index is -1.21. The van der Waals surface area contributed by atoms with Crippen molar-refractivity contribution in [2.75, 3.05) is 0 Å². The number of ether oxygens (including phenoxy) is 1. The molecule has 1 atom stereocenters. The third-order valence-electron chi connectivity index (χ3n) is 3.38. The van der Waals surface area contributed by atoms with Crippen LogP contribution in [0.1, 0.15) is 22.8 Å². The summed E-state index contributed by atoms with van der Waals surface area (Å²) in [5.41, 5.74) is 6.55. The average Bonchev–Trinajstić information content (AvgIpc) is 2.61. The predicted molar refractivity (Wildman–Crippen MR) is 89.2 cm³/mol. The van der Waals surface area contributed by atoms with E-state index in [1.165, 1.54) is 13.0 Å². The summed E-state index contributed by atoms with van der Waals surface area (Å²) < 4.78 is 5.09. The Morgan fingerprint density at radius 2 is 1.68 bits per heavy atom. The number of carbonyl (C=O) groups is 3. The highest BCUT2D eigenvalue weighted by Crippen LogP contribution is 2.27. The van der Waals surface area contributed by atoms with Crippen LogP contribution in [0.15, 0.2) is 48.5 Å². The lowest BCUT2D eigenvalue weighted by Crippen LogP contribution is -2.42. The lowest BCUT2D eigenvalue weighted by molar-refractivity contribution is -0.127. The second-order valence-corrected chi connectivity index (χ2v) is 5.10. The fourth-order valence-electron chi connectivity index (χ4n) is 2.21. The molecule has 0 fully saturated rings. The van der Waals surface area contributed by atoms with Crippen molar-refractivity contribution in [3.8, 4) is 17.2 Å². The first kappa shape index (κ1) is 17.7. The Hall–Kier alpha value is -3.66. The van der Waals surface area contributed by atoms with Crippen molar-refractivity contribution in [3.05, 3.63) is 59.7 Å². The quantitative estimate of drug-likeness (QED) is 0.826. The van der Waals surface area contributed by atoms with Gasteiger partial charge in [0.2, 0.25) is 0 Å². The maximum absolute atomic E-state index is 12.4. The van der Waals surface area contributed by atoms with Crippen LogP contribution in [0.5, 0.6) is 0 Å². The van der Waals surface area contributed by atoms with Crippen molar-refractivity contribution in [2.45, 2.75) is 13.0 Å². The van der Waals surface area contributed by atoms with Gasteiger partial charge in [0.25, 0.3) is 5.91 Å². The number of nitrogens with two attached hydrogens (primary N) is 1. The first-order chi connectivity index (χ1) is 11.9. The van der Waals surface area contributed by atoms with Crippen LogP contribution in [-0.2, 0) is 9.53 Å². The second-order valence-electron chi connectivity index (χ2n) is 5.10. The second kappa shape index (κ2) is 7.75. The Balaban J connectivity index is 2.32. The number of hydrogen-bond donors (Lipinski definition) is 2. The first-order valence-electron chi connectivity index (χ1n) is 7.34. The Morgan fingerprint density at radius 1 is 1.08 bits per heavy atom. The molecule has 7 heteroatoms. The predicted octanol–water partition coefficient (Wildman–Crippen LogP) is 1.97. The van der Waals surface area contributed by atoms with Crippen LogP contribution in [0.2, 0.25) is 0 Å². The number of urea groups is 1. The van der Waals surface area contributed by atoms with E-state index in [-0.39, 0.29) is 5.56 Å². The van der Waals surface area contributed by atoms with E-state index in [1.54, 1.807) is 42.5 Å². The number of nitrogens with zero attached hydrogens (tertiary/aromatic N) is 1. The van der Waals surface area contributed by atoms with Crippen molar-refractivity contribution >= 4 is 17.9 Å². The molecule has 7 nitrogen and oxygen atoms in total. The van der Waals surface area contributed by atoms with Crippen LogP contribution in [0.3, 0.4) is 0 Å². The number of primary amides is 1. The molecule has 0 heterocycles. The maximum Gasteiger partial charge on any atom is 0.339 e. The topological polar surface area (TPSA) is 122 Å². The van der Waals surface area contributed by atoms with Crippen LogP contribution < -0.4 is 11.1 Å². The first-order valence-corrected chi connectivity index (χ1v) is 7.34. The molecule has 0 aliphatic heterocycles. The van der Waals surface area contributed by atoms with Crippen molar-refractivity contribution in [1.29, 1.82) is 5.26 Å². The molecular weight excluding hydrogens is 322 g/mol. The van der Waals surface area contributed by atoms with Gasteiger partial charge >= 0.3 is 12.0 Å². The van der Waals surface area contributed by atoms with E-state index in [1.807, 2.05) is 5.32 Å². The van der Waals surface area contributed by atoms with E-state index in [0.29, 0.717) is 16.7 Å². The van der Waals surface area contributed by atoms with Crippen LogP contribution in [0.25, 0.3) is 11.1 Å². The van der Waals surface area contributed by atoms with Gasteiger partial charge < -0.3 is 10.5 Å². The number of nitrogens with one attached hydrogen (secondary N) is 1. The van der Waals surface area contributed by atoms with E-state index >= 15 is 0 Å². The standard InChI is InChI=1S/C18H15N3O4/c1-11(16(22)21-18(20)24)25-17(23)15-9-5-4-8-14(15)13-7-3-2-6-12(13)10-19/h2-9,11H,1H3,(H3,20,21,22,24)/t11-/m0/s1. The molecule has 0 unspecified atom stereocenters. The van der Waals surface area contributed by atoms with Gasteiger partial charge in [-0.25, -0.2) is 9.59 Å². The molecular formula is C18H15N3O4. The van der Waals surface area contributed by atoms with E-state index < -0.39 is 24.0 Å². The Labute approximate surface area is 144 Å². The number of nitriles is 1. The largest absolute Gasteiger partial charge is 0.449 e. The number of amides is 3. The summed E-state index contributed by atoms with van der Waals surface area (Å²) in [5.74, 6) is -1.58. The summed E-state index contributed by atoms with van der Waals surface area (Å²) in [6.45, 7) is 1.32. The van der Waals surface area contributed by atoms with Gasteiger partial charge in [-0.05, 0) is 24.6 Å². The Kier molecular flexibility index (Phi) is 5.48. The minimum absolute atomic E-state index is 0.198. The number of esters is 1. The smallest absolute Gasteiger partial charge is 0.339 e. The summed E-state index contributed by atoms with van der Waals surface area (Å²) in [6.07, 6.45) is -1.21. The highest BCUT2D eigenvalue weighted by atomic mass is 16.5. The summed E-state index contributed by atoms with van der Waals surface area (Å²) in [5, 5.41) is 11.1. The molecule has 0 bridgehead atoms. The minimum Gasteiger partial charge on any atom is -0.449 e. The van der Waals surface area contributed by atoms with Crippen molar-refractivity contribution in [1.82, 2.24) is 5.32 Å². The number of rotatable bonds is 4. The Bertz CT molecular complexity index is 871. The van der Waals surface area contributed by atoms with Gasteiger partial charge in [0.1, 0.15) is 0 Å². The highest BCUT2D eigenvalue weighted by Gasteiger charge is 2.22. The summed E-state index contributed by atoms with van der Waals surface area (Å²) in [6, 6.07) is 14.5. The van der Waals surface area contributed by atoms with Gasteiger partial charge in [-0.15, -0.1) is 0 Å². The lowest BCUT2D eigenvalue weighted by Gasteiger charge is -2.14. The third-order valence-corrected chi connectivity index (χ3v) is 3.38. The van der Waals surface area contributed by atoms with Crippen LogP contribution in [-0.4, -0.2) is 24.0 Å². The van der Waals surface area contributed by atoms with Gasteiger partial charge in [0, 0.05) is 5.56 Å². The zero-order valence-corrected chi connectivity index (χ0v) is 13.4. The fourth-order valence-corrected chi connectivity index (χ4v) is 2.21. The van der Waals surface area contributed by atoms with E-state index in [2.05, 4.69) is 6.07 Å². The highest BCUT2D eigenvalue weighted by molar-refractivity contribution is 6.01. The third kappa shape index (κ3) is 4.20. The lowest BCUT2D eigenvalue weighted by atomic mass is 9.96. The molecule has 0 aromatic heterocycles. The molecule has 126 valence electrons. The monoisotopic (exact) mass is 337 g/mol. The molecule has 0 saturated heterocycles. The number of carbonyl (C=O) groups excluding carboxylic acids is 3. The van der Waals surface area contributed by atoms with Gasteiger partial charge in [-0.3, -0.25) is 10.1 Å². The van der Waals surface area contributed by atoms with Gasteiger partial charge in [-0.1, -0.05) is 36.4 Å². The van der Waals surface area contributed by atoms with E-state index in [0.717, 1.165) is 0 Å². The normalized spacial score (nSPS) is 11.0. The summed E-state index contributed by atoms with van der Waals surface area (Å²) in [4.78, 5) is 34.8. The molecule has 2 aromatic carbocycles. The Morgan fingerprint density at radius 3 is 2.32 bits per heavy atom. The molecule has 0 spiro atoms. The zero-order chi connectivity index (χ0) is 18.4. The molecule has 25 heavy (non-hydrogen) atoms. The van der Waals surface area contributed by atoms with Crippen molar-refractivity contribution < 1.29 is 19.1 Å². The van der Waals surface area contributed by atoms with Gasteiger partial charge in [0.05, 0.1) is 17.2 Å². The van der Waals surface area contributed by atoms with Gasteiger partial charge in [-0.2, -0.15) is 5.26 Å². The number of imide groups is 1. The van der Waals surface area contributed by atoms with Crippen LogP contribution >= 0.6 is 0 Å². The SMILES string of the molecule is C[C@H](OC(=O)c1ccccc1-c1ccccc1C#N)C(=O)NC(N)=O. The van der Waals surface area contributed by atoms with Gasteiger partial charge in [0.15, 0.2) is 6.10 Å². The van der Waals surface area contributed by atoms with E-state index in [4.69, 9.17) is 10.5 Å². The van der Waals surface area contributed by atoms with E-state index in [9.17, 15) is 19.6 Å². The number of hydrogen-bond acceptors (Lipinski definition) is 5. The summed E-state index contributed by atoms with van der Waals surface area (Å²) in [7, 11) is 0. The molecule has 0 aliphatic rings. The molecule has 3 amide bonds. The molecule has 2 rings (SSSR count). The van der Waals surface area contributed by atoms with Crippen LogP contribution in [0.4, 0.5) is 4.79 Å².